The van der Waals surface area contributed by atoms with Crippen LogP contribution in [-0.4, -0.2) is 18.3 Å². The lowest BCUT2D eigenvalue weighted by molar-refractivity contribution is 0.415. The third kappa shape index (κ3) is 1.48. The molecule has 1 aliphatic heterocycles. The molecule has 19 heavy (non-hydrogen) atoms. The van der Waals surface area contributed by atoms with Crippen LogP contribution in [0.25, 0.3) is 17.0 Å². The monoisotopic (exact) mass is 250 g/mol. The Labute approximate surface area is 111 Å². The van der Waals surface area contributed by atoms with E-state index < -0.39 is 0 Å². The topological polar surface area (TPSA) is 37.4 Å². The van der Waals surface area contributed by atoms with Gasteiger partial charge in [-0.25, -0.2) is 0 Å². The molecule has 1 aromatic heterocycles. The van der Waals surface area contributed by atoms with Crippen molar-refractivity contribution in [1.82, 2.24) is 4.98 Å². The third-order valence-corrected chi connectivity index (χ3v) is 3.95. The van der Waals surface area contributed by atoms with Crippen molar-refractivity contribution in [3.05, 3.63) is 47.8 Å². The second-order valence-electron chi connectivity index (χ2n) is 4.97. The molecule has 2 aliphatic rings. The van der Waals surface area contributed by atoms with Crippen molar-refractivity contribution >= 4 is 23.2 Å². The fourth-order valence-electron chi connectivity index (χ4n) is 3.01. The molecule has 2 atom stereocenters. The van der Waals surface area contributed by atoms with Gasteiger partial charge in [0, 0.05) is 40.8 Å². The van der Waals surface area contributed by atoms with E-state index in [2.05, 4.69) is 40.3 Å². The quantitative estimate of drug-likeness (QED) is 0.826. The Kier molecular flexibility index (Phi) is 2.15. The minimum absolute atomic E-state index is 0.364. The van der Waals surface area contributed by atoms with Gasteiger partial charge in [0.1, 0.15) is 5.75 Å². The largest absolute Gasteiger partial charge is 0.497 e. The zero-order chi connectivity index (χ0) is 12.8. The summed E-state index contributed by atoms with van der Waals surface area (Å²) >= 11 is 0. The van der Waals surface area contributed by atoms with Crippen molar-refractivity contribution in [3.8, 4) is 5.75 Å². The fourth-order valence-corrected chi connectivity index (χ4v) is 3.01. The molecule has 1 unspecified atom stereocenters. The van der Waals surface area contributed by atoms with Crippen molar-refractivity contribution in [3.63, 3.8) is 0 Å². The summed E-state index contributed by atoms with van der Waals surface area (Å²) in [6, 6.07) is 6.18. The molecular formula is C16H14N2O. The number of hydrogen-bond donors (Lipinski definition) is 1. The van der Waals surface area contributed by atoms with E-state index in [1.807, 2.05) is 18.5 Å². The highest BCUT2D eigenvalue weighted by Gasteiger charge is 2.28. The number of aromatic nitrogens is 1. The molecule has 0 spiro atoms. The smallest absolute Gasteiger partial charge is 0.119 e. The van der Waals surface area contributed by atoms with Crippen LogP contribution in [0.3, 0.4) is 0 Å². The highest BCUT2D eigenvalue weighted by Crippen LogP contribution is 2.41. The van der Waals surface area contributed by atoms with Crippen molar-refractivity contribution in [2.24, 2.45) is 10.9 Å². The van der Waals surface area contributed by atoms with Crippen molar-refractivity contribution in [2.45, 2.75) is 5.92 Å². The van der Waals surface area contributed by atoms with Gasteiger partial charge in [0.25, 0.3) is 0 Å². The van der Waals surface area contributed by atoms with Crippen LogP contribution >= 0.6 is 0 Å². The molecule has 0 fully saturated rings. The highest BCUT2D eigenvalue weighted by atomic mass is 16.5. The van der Waals surface area contributed by atoms with Crippen molar-refractivity contribution < 1.29 is 4.74 Å². The molecule has 4 rings (SSSR count). The van der Waals surface area contributed by atoms with Gasteiger partial charge in [0.15, 0.2) is 0 Å². The van der Waals surface area contributed by atoms with Gasteiger partial charge in [-0.1, -0.05) is 12.2 Å². The maximum atomic E-state index is 5.34. The Hall–Kier alpha value is -2.29. The van der Waals surface area contributed by atoms with Crippen LogP contribution in [0, 0.1) is 5.92 Å². The molecule has 0 saturated carbocycles. The Balaban J connectivity index is 1.99. The molecule has 3 nitrogen and oxygen atoms in total. The predicted molar refractivity (Wildman–Crippen MR) is 77.7 cm³/mol. The molecule has 0 saturated heterocycles. The Morgan fingerprint density at radius 3 is 3.11 bits per heavy atom. The second-order valence-corrected chi connectivity index (χ2v) is 4.97. The van der Waals surface area contributed by atoms with E-state index in [-0.39, 0.29) is 0 Å². The summed E-state index contributed by atoms with van der Waals surface area (Å²) in [5, 5.41) is 1.24. The Bertz CT molecular complexity index is 737. The summed E-state index contributed by atoms with van der Waals surface area (Å²) in [5.74, 6) is 1.63. The number of nitrogens with one attached hydrogen (secondary N) is 1. The number of allylic oxidation sites excluding steroid dienone is 2. The number of nitrogens with zero attached hydrogens (tertiary/aromatic N) is 1. The lowest BCUT2D eigenvalue weighted by atomic mass is 9.80. The number of aliphatic imine (C=N–C) groups is 1. The molecule has 0 bridgehead atoms. The first-order valence-corrected chi connectivity index (χ1v) is 6.44. The molecule has 1 aromatic carbocycles. The molecule has 0 radical (unpaired) electrons. The fraction of sp³-hybridized carbons (Fsp3) is 0.188. The summed E-state index contributed by atoms with van der Waals surface area (Å²) in [4.78, 5) is 7.72. The zero-order valence-corrected chi connectivity index (χ0v) is 10.6. The van der Waals surface area contributed by atoms with Gasteiger partial charge in [0.2, 0.25) is 0 Å². The predicted octanol–water partition coefficient (Wildman–Crippen LogP) is 3.50. The normalized spacial score (nSPS) is 23.4. The lowest BCUT2D eigenvalue weighted by Gasteiger charge is -2.24. The van der Waals surface area contributed by atoms with E-state index in [1.165, 1.54) is 16.6 Å². The van der Waals surface area contributed by atoms with Crippen LogP contribution < -0.4 is 4.74 Å². The Morgan fingerprint density at radius 2 is 2.21 bits per heavy atom. The average molecular weight is 250 g/mol. The van der Waals surface area contributed by atoms with E-state index in [4.69, 9.17) is 4.74 Å². The number of methoxy groups -OCH3 is 1. The van der Waals surface area contributed by atoms with E-state index in [1.54, 1.807) is 7.11 Å². The first kappa shape index (κ1) is 10.6. The van der Waals surface area contributed by atoms with Crippen LogP contribution in [0.2, 0.25) is 0 Å². The van der Waals surface area contributed by atoms with Gasteiger partial charge >= 0.3 is 0 Å². The highest BCUT2D eigenvalue weighted by molar-refractivity contribution is 5.91. The first-order chi connectivity index (χ1) is 9.36. The lowest BCUT2D eigenvalue weighted by Crippen LogP contribution is -2.16. The SMILES string of the molecule is COc1ccc2[nH]c3c(c2c1)C1C=CN=C[C@@H]1C=C3. The van der Waals surface area contributed by atoms with Crippen molar-refractivity contribution in [1.29, 1.82) is 0 Å². The first-order valence-electron chi connectivity index (χ1n) is 6.44. The number of H-pyrrole nitrogens is 1. The van der Waals surface area contributed by atoms with Crippen LogP contribution in [0.1, 0.15) is 17.2 Å². The molecule has 0 amide bonds. The minimum Gasteiger partial charge on any atom is -0.497 e. The zero-order valence-electron chi connectivity index (χ0n) is 10.6. The number of ether oxygens (including phenoxy) is 1. The number of benzene rings is 1. The van der Waals surface area contributed by atoms with Gasteiger partial charge in [-0.05, 0) is 29.8 Å². The molecule has 1 aliphatic carbocycles. The van der Waals surface area contributed by atoms with Gasteiger partial charge in [-0.3, -0.25) is 4.99 Å². The van der Waals surface area contributed by atoms with Crippen LogP contribution in [0.4, 0.5) is 0 Å². The van der Waals surface area contributed by atoms with E-state index in [9.17, 15) is 0 Å². The minimum atomic E-state index is 0.364. The molecule has 2 heterocycles. The van der Waals surface area contributed by atoms with Gasteiger partial charge < -0.3 is 9.72 Å². The van der Waals surface area contributed by atoms with Gasteiger partial charge in [-0.15, -0.1) is 0 Å². The van der Waals surface area contributed by atoms with Crippen molar-refractivity contribution in [2.75, 3.05) is 7.11 Å². The summed E-state index contributed by atoms with van der Waals surface area (Å²) in [5.41, 5.74) is 3.71. The molecule has 2 aromatic rings. The summed E-state index contributed by atoms with van der Waals surface area (Å²) < 4.78 is 5.34. The molecule has 3 heteroatoms. The number of rotatable bonds is 1. The molecular weight excluding hydrogens is 236 g/mol. The number of aromatic amines is 1. The molecule has 1 N–H and O–H groups in total. The number of fused-ring (bicyclic) bond motifs is 5. The standard InChI is InChI=1S/C16H14N2O/c1-19-11-3-5-14-13(8-11)16-12-6-7-17-9-10(12)2-4-15(16)18-14/h2-10,12,18H,1H3/t10-,12?/m0/s1. The maximum Gasteiger partial charge on any atom is 0.119 e. The number of hydrogen-bond acceptors (Lipinski definition) is 2. The van der Waals surface area contributed by atoms with E-state index in [0.717, 1.165) is 11.3 Å². The van der Waals surface area contributed by atoms with Gasteiger partial charge in [-0.2, -0.15) is 0 Å². The van der Waals surface area contributed by atoms with Gasteiger partial charge in [0.05, 0.1) is 7.11 Å². The average Bonchev–Trinajstić information content (AvgIpc) is 2.85. The summed E-state index contributed by atoms with van der Waals surface area (Å²) in [7, 11) is 1.70. The molecule has 94 valence electrons. The maximum absolute atomic E-state index is 5.34. The summed E-state index contributed by atoms with van der Waals surface area (Å²) in [6.45, 7) is 0. The van der Waals surface area contributed by atoms with Crippen LogP contribution in [0.5, 0.6) is 5.75 Å². The third-order valence-electron chi connectivity index (χ3n) is 3.95. The van der Waals surface area contributed by atoms with E-state index >= 15 is 0 Å². The Morgan fingerprint density at radius 1 is 1.26 bits per heavy atom. The van der Waals surface area contributed by atoms with E-state index in [0.29, 0.717) is 11.8 Å². The van der Waals surface area contributed by atoms with Crippen LogP contribution in [-0.2, 0) is 0 Å². The van der Waals surface area contributed by atoms with Crippen LogP contribution in [0.15, 0.2) is 41.5 Å². The second kappa shape index (κ2) is 3.85. The summed E-state index contributed by atoms with van der Waals surface area (Å²) in [6.07, 6.45) is 10.5.